The fraction of sp³-hybridized carbons (Fsp3) is 0.375. The molecule has 3 aromatic heterocycles. The van der Waals surface area contributed by atoms with Crippen LogP contribution in [-0.4, -0.2) is 56.2 Å². The number of ether oxygens (including phenoxy) is 1. The number of nitrogens with zero attached hydrogens (tertiary/aromatic N) is 5. The normalized spacial score (nSPS) is 16.8. The van der Waals surface area contributed by atoms with E-state index < -0.39 is 0 Å². The quantitative estimate of drug-likeness (QED) is 0.535. The number of pyridine rings is 1. The van der Waals surface area contributed by atoms with Gasteiger partial charge in [-0.3, -0.25) is 9.78 Å². The van der Waals surface area contributed by atoms with Crippen molar-refractivity contribution in [2.24, 2.45) is 12.8 Å². The van der Waals surface area contributed by atoms with Crippen LogP contribution in [0.2, 0.25) is 0 Å². The lowest BCUT2D eigenvalue weighted by Crippen LogP contribution is -2.45. The van der Waals surface area contributed by atoms with Crippen molar-refractivity contribution in [3.8, 4) is 17.3 Å². The van der Waals surface area contributed by atoms with E-state index in [1.54, 1.807) is 13.3 Å². The molecular formula is C24H28N6O2. The Morgan fingerprint density at radius 2 is 2.12 bits per heavy atom. The first-order chi connectivity index (χ1) is 15.5. The van der Waals surface area contributed by atoms with Crippen LogP contribution >= 0.6 is 0 Å². The third-order valence-electron chi connectivity index (χ3n) is 6.36. The van der Waals surface area contributed by atoms with Crippen LogP contribution in [0.5, 0.6) is 5.75 Å². The van der Waals surface area contributed by atoms with Gasteiger partial charge in [0.2, 0.25) is 0 Å². The lowest BCUT2D eigenvalue weighted by Gasteiger charge is -2.30. The monoisotopic (exact) mass is 432 g/mol. The summed E-state index contributed by atoms with van der Waals surface area (Å²) in [5.41, 5.74) is 11.2. The number of piperidine rings is 1. The van der Waals surface area contributed by atoms with Crippen LogP contribution in [0.4, 0.5) is 0 Å². The fourth-order valence-electron chi connectivity index (χ4n) is 4.81. The fourth-order valence-corrected chi connectivity index (χ4v) is 4.81. The molecule has 1 fully saturated rings. The minimum absolute atomic E-state index is 0.0283. The van der Waals surface area contributed by atoms with Crippen LogP contribution in [0.3, 0.4) is 0 Å². The highest BCUT2D eigenvalue weighted by atomic mass is 16.5. The van der Waals surface area contributed by atoms with Gasteiger partial charge in [-0.2, -0.15) is 0 Å². The maximum atomic E-state index is 13.2. The van der Waals surface area contributed by atoms with E-state index >= 15 is 0 Å². The van der Waals surface area contributed by atoms with Crippen molar-refractivity contribution >= 4 is 28.0 Å². The van der Waals surface area contributed by atoms with Gasteiger partial charge < -0.3 is 24.5 Å². The minimum Gasteiger partial charge on any atom is -0.494 e. The molecule has 2 N–H and O–H groups in total. The number of nitrogens with two attached hydrogens (primary N) is 1. The largest absolute Gasteiger partial charge is 0.494 e. The van der Waals surface area contributed by atoms with Gasteiger partial charge in [0.15, 0.2) is 5.82 Å². The topological polar surface area (TPSA) is 91.2 Å². The highest BCUT2D eigenvalue weighted by Gasteiger charge is 2.25. The molecule has 4 heterocycles. The molecule has 5 rings (SSSR count). The molecule has 4 aromatic rings. The number of fused-ring (bicyclic) bond motifs is 2. The summed E-state index contributed by atoms with van der Waals surface area (Å²) >= 11 is 0. The maximum Gasteiger partial charge on any atom is 0.254 e. The van der Waals surface area contributed by atoms with E-state index in [4.69, 9.17) is 15.5 Å². The molecule has 1 amide bonds. The van der Waals surface area contributed by atoms with E-state index in [0.717, 1.165) is 59.5 Å². The number of amides is 1. The molecule has 0 radical (unpaired) electrons. The number of aryl methyl sites for hydroxylation is 2. The van der Waals surface area contributed by atoms with Crippen LogP contribution in [0.25, 0.3) is 33.6 Å². The molecular weight excluding hydrogens is 404 g/mol. The van der Waals surface area contributed by atoms with Crippen molar-refractivity contribution in [1.29, 1.82) is 0 Å². The van der Waals surface area contributed by atoms with E-state index in [9.17, 15) is 4.79 Å². The van der Waals surface area contributed by atoms with Crippen LogP contribution in [0, 0.1) is 0 Å². The Balaban J connectivity index is 1.64. The summed E-state index contributed by atoms with van der Waals surface area (Å²) in [6.07, 6.45) is 3.68. The zero-order valence-electron chi connectivity index (χ0n) is 18.7. The van der Waals surface area contributed by atoms with E-state index in [2.05, 4.69) is 28.6 Å². The van der Waals surface area contributed by atoms with E-state index in [1.807, 2.05) is 34.7 Å². The zero-order chi connectivity index (χ0) is 22.4. The predicted octanol–water partition coefficient (Wildman–Crippen LogP) is 3.18. The van der Waals surface area contributed by atoms with Crippen LogP contribution in [0.15, 0.2) is 36.5 Å². The number of rotatable bonds is 4. The van der Waals surface area contributed by atoms with Crippen LogP contribution in [0.1, 0.15) is 30.1 Å². The summed E-state index contributed by atoms with van der Waals surface area (Å²) in [5.74, 6) is 1.41. The van der Waals surface area contributed by atoms with E-state index in [1.165, 1.54) is 0 Å². The van der Waals surface area contributed by atoms with Crippen molar-refractivity contribution in [2.75, 3.05) is 20.2 Å². The third-order valence-corrected chi connectivity index (χ3v) is 6.36. The van der Waals surface area contributed by atoms with Crippen LogP contribution < -0.4 is 10.5 Å². The number of likely N-dealkylation sites (tertiary alicyclic amines) is 1. The molecule has 0 spiro atoms. The van der Waals surface area contributed by atoms with E-state index in [0.29, 0.717) is 17.9 Å². The SMILES string of the molecule is CCn1c(-c2nc3cc(C(=O)N4CCC[C@@H](N)C4)cc(OC)c3n2C)cc2ncccc21. The molecule has 8 heteroatoms. The molecule has 8 nitrogen and oxygen atoms in total. The Morgan fingerprint density at radius 1 is 1.28 bits per heavy atom. The van der Waals surface area contributed by atoms with Crippen molar-refractivity contribution in [3.63, 3.8) is 0 Å². The summed E-state index contributed by atoms with van der Waals surface area (Å²) in [6.45, 7) is 4.21. The molecule has 0 aliphatic carbocycles. The van der Waals surface area contributed by atoms with Crippen molar-refractivity contribution in [2.45, 2.75) is 32.4 Å². The number of imidazole rings is 1. The number of methoxy groups -OCH3 is 1. The summed E-state index contributed by atoms with van der Waals surface area (Å²) in [5, 5.41) is 0. The second-order valence-electron chi connectivity index (χ2n) is 8.38. The van der Waals surface area contributed by atoms with Gasteiger partial charge in [-0.05, 0) is 50.1 Å². The number of aromatic nitrogens is 4. The average molecular weight is 433 g/mol. The lowest BCUT2D eigenvalue weighted by molar-refractivity contribution is 0.0708. The van der Waals surface area contributed by atoms with Crippen LogP contribution in [-0.2, 0) is 13.6 Å². The minimum atomic E-state index is -0.0283. The number of hydrogen-bond acceptors (Lipinski definition) is 5. The Bertz CT molecular complexity index is 1320. The highest BCUT2D eigenvalue weighted by molar-refractivity contribution is 6.00. The first kappa shape index (κ1) is 20.5. The van der Waals surface area contributed by atoms with Gasteiger partial charge >= 0.3 is 0 Å². The molecule has 1 aliphatic heterocycles. The Kier molecular flexibility index (Phi) is 5.09. The second-order valence-corrected chi connectivity index (χ2v) is 8.38. The molecule has 166 valence electrons. The summed E-state index contributed by atoms with van der Waals surface area (Å²) < 4.78 is 9.93. The molecule has 0 unspecified atom stereocenters. The molecule has 1 atom stereocenters. The summed E-state index contributed by atoms with van der Waals surface area (Å²) in [6, 6.07) is 9.78. The average Bonchev–Trinajstić information content (AvgIpc) is 3.35. The molecule has 0 bridgehead atoms. The lowest BCUT2D eigenvalue weighted by atomic mass is 10.0. The molecule has 0 saturated carbocycles. The number of carbonyl (C=O) groups excluding carboxylic acids is 1. The smallest absolute Gasteiger partial charge is 0.254 e. The summed E-state index contributed by atoms with van der Waals surface area (Å²) in [4.78, 5) is 24.5. The highest BCUT2D eigenvalue weighted by Crippen LogP contribution is 2.34. The Morgan fingerprint density at radius 3 is 2.88 bits per heavy atom. The summed E-state index contributed by atoms with van der Waals surface area (Å²) in [7, 11) is 3.60. The van der Waals surface area contributed by atoms with Gasteiger partial charge in [0.1, 0.15) is 11.3 Å². The van der Waals surface area contributed by atoms with Crippen molar-refractivity contribution in [1.82, 2.24) is 24.0 Å². The second kappa shape index (κ2) is 7.94. The van der Waals surface area contributed by atoms with Gasteiger partial charge in [-0.25, -0.2) is 4.98 Å². The number of benzene rings is 1. The molecule has 1 saturated heterocycles. The Labute approximate surface area is 186 Å². The predicted molar refractivity (Wildman–Crippen MR) is 125 cm³/mol. The zero-order valence-corrected chi connectivity index (χ0v) is 18.7. The standard InChI is InChI=1S/C24H28N6O2/c1-4-30-19-8-5-9-26-17(19)13-20(30)23-27-18-11-15(12-21(32-3)22(18)28(23)2)24(31)29-10-6-7-16(25)14-29/h5,8-9,11-13,16H,4,6-7,10,14,25H2,1-3H3/t16-/m1/s1. The van der Waals surface area contributed by atoms with Gasteiger partial charge in [0, 0.05) is 44.5 Å². The van der Waals surface area contributed by atoms with Gasteiger partial charge in [-0.1, -0.05) is 0 Å². The van der Waals surface area contributed by atoms with Crippen molar-refractivity contribution in [3.05, 3.63) is 42.1 Å². The first-order valence-corrected chi connectivity index (χ1v) is 11.1. The molecule has 1 aliphatic rings. The van der Waals surface area contributed by atoms with Gasteiger partial charge in [-0.15, -0.1) is 0 Å². The molecule has 32 heavy (non-hydrogen) atoms. The van der Waals surface area contributed by atoms with Gasteiger partial charge in [0.05, 0.1) is 29.4 Å². The maximum absolute atomic E-state index is 13.2. The Hall–Kier alpha value is -3.39. The first-order valence-electron chi connectivity index (χ1n) is 11.1. The van der Waals surface area contributed by atoms with Gasteiger partial charge in [0.25, 0.3) is 5.91 Å². The van der Waals surface area contributed by atoms with Crippen molar-refractivity contribution < 1.29 is 9.53 Å². The molecule has 1 aromatic carbocycles. The number of carbonyl (C=O) groups is 1. The number of hydrogen-bond donors (Lipinski definition) is 1. The third kappa shape index (κ3) is 3.22. The van der Waals surface area contributed by atoms with E-state index in [-0.39, 0.29) is 11.9 Å².